The average Bonchev–Trinajstić information content (AvgIpc) is 2.15. The highest BCUT2D eigenvalue weighted by Gasteiger charge is 2.21. The molecule has 0 aromatic heterocycles. The van der Waals surface area contributed by atoms with Gasteiger partial charge in [-0.15, -0.1) is 0 Å². The first-order chi connectivity index (χ1) is 6.59. The van der Waals surface area contributed by atoms with Gasteiger partial charge in [0.15, 0.2) is 0 Å². The van der Waals surface area contributed by atoms with Crippen LogP contribution in [0.15, 0.2) is 18.2 Å². The van der Waals surface area contributed by atoms with Crippen molar-refractivity contribution in [1.29, 1.82) is 0 Å². The van der Waals surface area contributed by atoms with Crippen LogP contribution in [-0.2, 0) is 5.41 Å². The van der Waals surface area contributed by atoms with Gasteiger partial charge in [-0.1, -0.05) is 61.4 Å². The van der Waals surface area contributed by atoms with E-state index in [-0.39, 0.29) is 19.0 Å². The highest BCUT2D eigenvalue weighted by atomic mass is 28.2. The Labute approximate surface area is 91.8 Å². The molecule has 0 atom stereocenters. The standard InChI is InChI=1S/C12H20Si2/c1-12(2,3)9-5-4-6-10-11(9)14-8-7-13-10/h4-6H,7-8,13-14H2,1-3H3. The third-order valence-electron chi connectivity index (χ3n) is 3.20. The van der Waals surface area contributed by atoms with Crippen LogP contribution in [0.4, 0.5) is 0 Å². The fraction of sp³-hybridized carbons (Fsp3) is 0.500. The molecule has 0 fully saturated rings. The third kappa shape index (κ3) is 1.86. The molecule has 76 valence electrons. The summed E-state index contributed by atoms with van der Waals surface area (Å²) in [5, 5.41) is 3.65. The molecule has 0 aliphatic carbocycles. The zero-order chi connectivity index (χ0) is 10.2. The Balaban J connectivity index is 2.51. The van der Waals surface area contributed by atoms with Crippen molar-refractivity contribution in [3.8, 4) is 0 Å². The summed E-state index contributed by atoms with van der Waals surface area (Å²) in [7, 11) is 0.195. The molecule has 0 spiro atoms. The second-order valence-corrected chi connectivity index (χ2v) is 9.28. The Morgan fingerprint density at radius 1 is 1.07 bits per heavy atom. The molecule has 0 radical (unpaired) electrons. The lowest BCUT2D eigenvalue weighted by atomic mass is 9.87. The molecule has 1 aliphatic heterocycles. The zero-order valence-corrected chi connectivity index (χ0v) is 12.4. The van der Waals surface area contributed by atoms with Crippen molar-refractivity contribution < 1.29 is 0 Å². The molecule has 0 N–H and O–H groups in total. The normalized spacial score (nSPS) is 19.9. The maximum Gasteiger partial charge on any atom is 0.0546 e. The van der Waals surface area contributed by atoms with Gasteiger partial charge in [0.25, 0.3) is 0 Å². The second kappa shape index (κ2) is 3.67. The van der Waals surface area contributed by atoms with Crippen LogP contribution in [0.25, 0.3) is 0 Å². The largest absolute Gasteiger partial charge is 0.0680 e. The molecule has 1 heterocycles. The van der Waals surface area contributed by atoms with Gasteiger partial charge in [-0.05, 0) is 11.0 Å². The van der Waals surface area contributed by atoms with Crippen LogP contribution >= 0.6 is 0 Å². The smallest absolute Gasteiger partial charge is 0.0546 e. The Bertz CT molecular complexity index is 337. The number of hydrogen-bond acceptors (Lipinski definition) is 0. The molecular weight excluding hydrogens is 200 g/mol. The summed E-state index contributed by atoms with van der Waals surface area (Å²) in [5.74, 6) is 0. The van der Waals surface area contributed by atoms with Crippen LogP contribution in [0, 0.1) is 0 Å². The molecule has 1 aliphatic rings. The Hall–Kier alpha value is -0.346. The van der Waals surface area contributed by atoms with E-state index < -0.39 is 0 Å². The maximum atomic E-state index is 2.41. The van der Waals surface area contributed by atoms with Crippen molar-refractivity contribution in [2.24, 2.45) is 0 Å². The summed E-state index contributed by atoms with van der Waals surface area (Å²) in [6.45, 7) is 7.06. The minimum atomic E-state index is 0.0828. The Morgan fingerprint density at radius 3 is 2.50 bits per heavy atom. The van der Waals surface area contributed by atoms with Gasteiger partial charge < -0.3 is 0 Å². The minimum absolute atomic E-state index is 0.0828. The van der Waals surface area contributed by atoms with E-state index in [0.29, 0.717) is 5.41 Å². The van der Waals surface area contributed by atoms with E-state index in [2.05, 4.69) is 39.0 Å². The van der Waals surface area contributed by atoms with E-state index >= 15 is 0 Å². The van der Waals surface area contributed by atoms with Gasteiger partial charge in [0.05, 0.1) is 19.0 Å². The van der Waals surface area contributed by atoms with Crippen molar-refractivity contribution in [3.05, 3.63) is 23.8 Å². The predicted octanol–water partition coefficient (Wildman–Crippen LogP) is 0.422. The number of hydrogen-bond donors (Lipinski definition) is 0. The molecule has 0 bridgehead atoms. The second-order valence-electron chi connectivity index (χ2n) is 5.40. The monoisotopic (exact) mass is 220 g/mol. The Kier molecular flexibility index (Phi) is 2.67. The fourth-order valence-electron chi connectivity index (χ4n) is 2.48. The molecule has 2 rings (SSSR count). The summed E-state index contributed by atoms with van der Waals surface area (Å²) in [6, 6.07) is 10.2. The van der Waals surface area contributed by atoms with E-state index in [1.54, 1.807) is 22.8 Å². The summed E-state index contributed by atoms with van der Waals surface area (Å²) in [5.41, 5.74) is 2.03. The SMILES string of the molecule is CC(C)(C)c1cccc2c1[SiH2]CC[SiH2]2. The summed E-state index contributed by atoms with van der Waals surface area (Å²) < 4.78 is 0. The van der Waals surface area contributed by atoms with Crippen LogP contribution in [-0.4, -0.2) is 19.0 Å². The van der Waals surface area contributed by atoms with Crippen LogP contribution in [0.5, 0.6) is 0 Å². The summed E-state index contributed by atoms with van der Waals surface area (Å²) in [6.07, 6.45) is 0. The highest BCUT2D eigenvalue weighted by Crippen LogP contribution is 2.20. The van der Waals surface area contributed by atoms with Gasteiger partial charge in [-0.2, -0.15) is 0 Å². The lowest BCUT2D eigenvalue weighted by Gasteiger charge is -2.27. The maximum absolute atomic E-state index is 2.41. The van der Waals surface area contributed by atoms with E-state index in [0.717, 1.165) is 0 Å². The van der Waals surface area contributed by atoms with E-state index in [1.165, 1.54) is 0 Å². The minimum Gasteiger partial charge on any atom is -0.0680 e. The van der Waals surface area contributed by atoms with Crippen molar-refractivity contribution in [2.75, 3.05) is 0 Å². The quantitative estimate of drug-likeness (QED) is 0.556. The molecule has 0 saturated heterocycles. The molecule has 0 nitrogen and oxygen atoms in total. The molecule has 0 saturated carbocycles. The number of rotatable bonds is 0. The van der Waals surface area contributed by atoms with E-state index in [1.807, 2.05) is 5.19 Å². The molecule has 14 heavy (non-hydrogen) atoms. The predicted molar refractivity (Wildman–Crippen MR) is 71.1 cm³/mol. The molecule has 0 unspecified atom stereocenters. The van der Waals surface area contributed by atoms with Gasteiger partial charge in [-0.25, -0.2) is 0 Å². The molecule has 1 aromatic carbocycles. The summed E-state index contributed by atoms with van der Waals surface area (Å²) in [4.78, 5) is 0. The van der Waals surface area contributed by atoms with Crippen LogP contribution in [0.2, 0.25) is 12.1 Å². The van der Waals surface area contributed by atoms with Crippen molar-refractivity contribution in [2.45, 2.75) is 38.3 Å². The molecular formula is C12H20Si2. The zero-order valence-electron chi connectivity index (χ0n) is 9.56. The van der Waals surface area contributed by atoms with Gasteiger partial charge in [-0.3, -0.25) is 0 Å². The number of fused-ring (bicyclic) bond motifs is 1. The van der Waals surface area contributed by atoms with E-state index in [9.17, 15) is 0 Å². The average molecular weight is 220 g/mol. The van der Waals surface area contributed by atoms with Gasteiger partial charge in [0.2, 0.25) is 0 Å². The first-order valence-corrected chi connectivity index (χ1v) is 9.12. The molecule has 0 amide bonds. The first kappa shape index (κ1) is 10.2. The fourth-order valence-corrected chi connectivity index (χ4v) is 8.43. The van der Waals surface area contributed by atoms with Crippen LogP contribution < -0.4 is 10.4 Å². The first-order valence-electron chi connectivity index (χ1n) is 5.70. The van der Waals surface area contributed by atoms with Gasteiger partial charge >= 0.3 is 0 Å². The van der Waals surface area contributed by atoms with Crippen molar-refractivity contribution in [1.82, 2.24) is 0 Å². The molecule has 1 aromatic rings. The Morgan fingerprint density at radius 2 is 1.79 bits per heavy atom. The van der Waals surface area contributed by atoms with Gasteiger partial charge in [0.1, 0.15) is 0 Å². The van der Waals surface area contributed by atoms with Crippen molar-refractivity contribution in [3.63, 3.8) is 0 Å². The summed E-state index contributed by atoms with van der Waals surface area (Å²) >= 11 is 0. The number of benzene rings is 1. The topological polar surface area (TPSA) is 0 Å². The van der Waals surface area contributed by atoms with E-state index in [4.69, 9.17) is 0 Å². The van der Waals surface area contributed by atoms with Crippen LogP contribution in [0.3, 0.4) is 0 Å². The highest BCUT2D eigenvalue weighted by molar-refractivity contribution is 6.71. The lowest BCUT2D eigenvalue weighted by Crippen LogP contribution is -2.44. The van der Waals surface area contributed by atoms with Gasteiger partial charge in [0, 0.05) is 0 Å². The van der Waals surface area contributed by atoms with Crippen LogP contribution in [0.1, 0.15) is 26.3 Å². The third-order valence-corrected chi connectivity index (χ3v) is 8.95. The molecule has 2 heteroatoms. The lowest BCUT2D eigenvalue weighted by molar-refractivity contribution is 0.594. The van der Waals surface area contributed by atoms with Crippen molar-refractivity contribution >= 4 is 29.4 Å².